The molecule has 180 valence electrons. The van der Waals surface area contributed by atoms with Gasteiger partial charge < -0.3 is 15.4 Å². The van der Waals surface area contributed by atoms with Gasteiger partial charge in [-0.3, -0.25) is 4.90 Å². The third-order valence-electron chi connectivity index (χ3n) is 6.50. The molecule has 0 spiro atoms. The van der Waals surface area contributed by atoms with Crippen LogP contribution in [-0.2, 0) is 13.0 Å². The molecule has 0 atom stereocenters. The van der Waals surface area contributed by atoms with Gasteiger partial charge in [-0.15, -0.1) is 11.3 Å². The third-order valence-corrected chi connectivity index (χ3v) is 7.54. The number of benzene rings is 1. The quantitative estimate of drug-likeness (QED) is 0.336. The summed E-state index contributed by atoms with van der Waals surface area (Å²) < 4.78 is 38.4. The summed E-state index contributed by atoms with van der Waals surface area (Å²) in [5.74, 6) is 0.900. The number of anilines is 1. The van der Waals surface area contributed by atoms with Crippen LogP contribution >= 0.6 is 11.3 Å². The van der Waals surface area contributed by atoms with Crippen molar-refractivity contribution in [2.24, 2.45) is 0 Å². The van der Waals surface area contributed by atoms with Crippen LogP contribution in [0.3, 0.4) is 0 Å². The first-order valence-corrected chi connectivity index (χ1v) is 12.1. The first-order valence-electron chi connectivity index (χ1n) is 11.3. The molecule has 5 rings (SSSR count). The van der Waals surface area contributed by atoms with Crippen molar-refractivity contribution in [2.45, 2.75) is 51.9 Å². The van der Waals surface area contributed by atoms with Crippen LogP contribution < -0.4 is 5.32 Å². The average Bonchev–Trinajstić information content (AvgIpc) is 3.34. The van der Waals surface area contributed by atoms with Gasteiger partial charge in [0.2, 0.25) is 0 Å². The Morgan fingerprint density at radius 2 is 1.91 bits per heavy atom. The maximum Gasteiger partial charge on any atom is 0.393 e. The molecule has 34 heavy (non-hydrogen) atoms. The predicted octanol–water partition coefficient (Wildman–Crippen LogP) is 5.68. The fourth-order valence-electron chi connectivity index (χ4n) is 4.77. The van der Waals surface area contributed by atoms with Crippen molar-refractivity contribution in [1.82, 2.24) is 19.9 Å². The fourth-order valence-corrected chi connectivity index (χ4v) is 5.80. The van der Waals surface area contributed by atoms with Crippen LogP contribution in [0.1, 0.15) is 34.5 Å². The number of nitrogens with zero attached hydrogens (tertiary/aromatic N) is 3. The summed E-state index contributed by atoms with van der Waals surface area (Å²) in [5, 5.41) is 15.8. The third kappa shape index (κ3) is 4.69. The molecule has 1 aliphatic heterocycles. The lowest BCUT2D eigenvalue weighted by molar-refractivity contribution is -0.126. The van der Waals surface area contributed by atoms with Crippen LogP contribution in [0.25, 0.3) is 21.1 Å². The normalized spacial score (nSPS) is 16.0. The highest BCUT2D eigenvalue weighted by Gasteiger charge is 2.29. The van der Waals surface area contributed by atoms with E-state index in [0.29, 0.717) is 28.3 Å². The number of nitrogens with one attached hydrogen (secondary N) is 2. The minimum atomic E-state index is -4.24. The van der Waals surface area contributed by atoms with E-state index in [9.17, 15) is 18.3 Å². The van der Waals surface area contributed by atoms with Crippen molar-refractivity contribution < 1.29 is 18.3 Å². The molecular formula is C24H26F3N5OS. The molecule has 4 aromatic rings. The highest BCUT2D eigenvalue weighted by atomic mass is 32.1. The molecular weight excluding hydrogens is 463 g/mol. The number of fused-ring (bicyclic) bond motifs is 2. The van der Waals surface area contributed by atoms with Gasteiger partial charge in [-0.25, -0.2) is 9.97 Å². The number of aromatic hydroxyl groups is 1. The molecule has 6 nitrogen and oxygen atoms in total. The molecule has 3 N–H and O–H groups in total. The van der Waals surface area contributed by atoms with Gasteiger partial charge >= 0.3 is 6.18 Å². The van der Waals surface area contributed by atoms with Crippen LogP contribution in [0.2, 0.25) is 0 Å². The summed E-state index contributed by atoms with van der Waals surface area (Å²) in [7, 11) is 0. The SMILES string of the molecule is Cc1cc2c(C)c(CN3CCC(Nc4ncnc5sc(CC(F)(F)F)cc45)CC3)c(O)cc2[nH]1. The van der Waals surface area contributed by atoms with E-state index in [1.165, 1.54) is 6.33 Å². The van der Waals surface area contributed by atoms with Crippen LogP contribution in [0.4, 0.5) is 19.0 Å². The number of halogens is 3. The molecule has 3 aromatic heterocycles. The maximum absolute atomic E-state index is 12.8. The summed E-state index contributed by atoms with van der Waals surface area (Å²) in [6.07, 6.45) is -2.05. The van der Waals surface area contributed by atoms with Gasteiger partial charge in [0, 0.05) is 58.8 Å². The van der Waals surface area contributed by atoms with Crippen LogP contribution in [0.5, 0.6) is 5.75 Å². The van der Waals surface area contributed by atoms with E-state index < -0.39 is 12.6 Å². The number of phenols is 1. The minimum absolute atomic E-state index is 0.171. The molecule has 1 aliphatic rings. The van der Waals surface area contributed by atoms with E-state index >= 15 is 0 Å². The number of aromatic nitrogens is 3. The minimum Gasteiger partial charge on any atom is -0.508 e. The fraction of sp³-hybridized carbons (Fsp3) is 0.417. The number of H-pyrrole nitrogens is 1. The van der Waals surface area contributed by atoms with Crippen molar-refractivity contribution in [1.29, 1.82) is 0 Å². The Kier molecular flexibility index (Phi) is 5.89. The Labute approximate surface area is 198 Å². The maximum atomic E-state index is 12.8. The molecule has 1 saturated heterocycles. The lowest BCUT2D eigenvalue weighted by Gasteiger charge is -2.33. The molecule has 0 unspecified atom stereocenters. The number of phenolic OH excluding ortho intramolecular Hbond substituents is 1. The first-order chi connectivity index (χ1) is 16.2. The number of rotatable bonds is 5. The Hall–Kier alpha value is -2.85. The van der Waals surface area contributed by atoms with Gasteiger partial charge in [-0.2, -0.15) is 13.2 Å². The van der Waals surface area contributed by atoms with Crippen molar-refractivity contribution in [3.8, 4) is 5.75 Å². The Balaban J connectivity index is 1.25. The number of aryl methyl sites for hydroxylation is 2. The van der Waals surface area contributed by atoms with E-state index in [1.807, 2.05) is 13.8 Å². The van der Waals surface area contributed by atoms with Crippen molar-refractivity contribution >= 4 is 38.3 Å². The molecule has 1 fully saturated rings. The van der Waals surface area contributed by atoms with Crippen LogP contribution in [0, 0.1) is 13.8 Å². The van der Waals surface area contributed by atoms with Gasteiger partial charge in [0.15, 0.2) is 0 Å². The monoisotopic (exact) mass is 489 g/mol. The summed E-state index contributed by atoms with van der Waals surface area (Å²) in [5.41, 5.74) is 4.06. The van der Waals surface area contributed by atoms with E-state index in [4.69, 9.17) is 0 Å². The second-order valence-corrected chi connectivity index (χ2v) is 10.2. The van der Waals surface area contributed by atoms with E-state index in [-0.39, 0.29) is 10.9 Å². The number of piperidine rings is 1. The molecule has 4 heterocycles. The number of alkyl halides is 3. The number of thiophene rings is 1. The van der Waals surface area contributed by atoms with E-state index in [1.54, 1.807) is 12.1 Å². The number of likely N-dealkylation sites (tertiary alicyclic amines) is 1. The standard InChI is InChI=1S/C24H26F3N5OS/c1-13-7-17-14(2)19(21(33)9-20(17)30-13)11-32-5-3-15(4-6-32)31-22-18-8-16(10-24(25,26)27)34-23(18)29-12-28-22/h7-9,12,15,30,33H,3-6,10-11H2,1-2H3,(H,28,29,31). The predicted molar refractivity (Wildman–Crippen MR) is 129 cm³/mol. The Morgan fingerprint density at radius 1 is 1.15 bits per heavy atom. The van der Waals surface area contributed by atoms with Gasteiger partial charge in [-0.1, -0.05) is 0 Å². The van der Waals surface area contributed by atoms with Crippen molar-refractivity contribution in [3.05, 3.63) is 46.2 Å². The molecule has 0 saturated carbocycles. The summed E-state index contributed by atoms with van der Waals surface area (Å²) in [6.45, 7) is 6.42. The summed E-state index contributed by atoms with van der Waals surface area (Å²) in [4.78, 5) is 14.9. The average molecular weight is 490 g/mol. The lowest BCUT2D eigenvalue weighted by Crippen LogP contribution is -2.39. The zero-order valence-electron chi connectivity index (χ0n) is 19.0. The van der Waals surface area contributed by atoms with E-state index in [0.717, 1.165) is 65.0 Å². The topological polar surface area (TPSA) is 77.1 Å². The van der Waals surface area contributed by atoms with Gasteiger partial charge in [0.05, 0.1) is 11.8 Å². The summed E-state index contributed by atoms with van der Waals surface area (Å²) >= 11 is 1.06. The summed E-state index contributed by atoms with van der Waals surface area (Å²) in [6, 6.07) is 5.63. The zero-order chi connectivity index (χ0) is 24.0. The van der Waals surface area contributed by atoms with Crippen molar-refractivity contribution in [3.63, 3.8) is 0 Å². The Bertz CT molecular complexity index is 1340. The molecule has 1 aromatic carbocycles. The van der Waals surface area contributed by atoms with Crippen LogP contribution in [-0.4, -0.2) is 50.3 Å². The number of hydrogen-bond donors (Lipinski definition) is 3. The molecule has 0 amide bonds. The number of hydrogen-bond acceptors (Lipinski definition) is 6. The molecule has 10 heteroatoms. The first kappa shape index (κ1) is 22.9. The van der Waals surface area contributed by atoms with Crippen LogP contribution in [0.15, 0.2) is 24.5 Å². The highest BCUT2D eigenvalue weighted by Crippen LogP contribution is 2.34. The van der Waals surface area contributed by atoms with Gasteiger partial charge in [0.1, 0.15) is 22.7 Å². The molecule has 0 aliphatic carbocycles. The van der Waals surface area contributed by atoms with Gasteiger partial charge in [0.25, 0.3) is 0 Å². The zero-order valence-corrected chi connectivity index (χ0v) is 19.8. The highest BCUT2D eigenvalue weighted by molar-refractivity contribution is 7.18. The molecule has 0 bridgehead atoms. The second-order valence-electron chi connectivity index (χ2n) is 9.05. The van der Waals surface area contributed by atoms with E-state index in [2.05, 4.69) is 31.2 Å². The smallest absolute Gasteiger partial charge is 0.393 e. The molecule has 0 radical (unpaired) electrons. The largest absolute Gasteiger partial charge is 0.508 e. The number of aromatic amines is 1. The van der Waals surface area contributed by atoms with Crippen molar-refractivity contribution in [2.75, 3.05) is 18.4 Å². The lowest BCUT2D eigenvalue weighted by atomic mass is 10.00. The Morgan fingerprint density at radius 3 is 2.65 bits per heavy atom. The van der Waals surface area contributed by atoms with Gasteiger partial charge in [-0.05, 0) is 44.4 Å². The second kappa shape index (κ2) is 8.74.